The van der Waals surface area contributed by atoms with E-state index in [0.717, 1.165) is 12.8 Å². The van der Waals surface area contributed by atoms with Gasteiger partial charge in [-0.2, -0.15) is 0 Å². The lowest BCUT2D eigenvalue weighted by molar-refractivity contribution is -0.0571. The molecule has 2 heteroatoms. The van der Waals surface area contributed by atoms with Crippen LogP contribution in [0.4, 0.5) is 0 Å². The standard InChI is InChI=1S/C10H20O2/c1-8-5-9(2,3)6-10(8,11)7-12-4/h8,11H,5-7H2,1-4H3. The molecule has 0 aromatic rings. The normalized spacial score (nSPS) is 40.2. The first-order valence-electron chi connectivity index (χ1n) is 4.61. The summed E-state index contributed by atoms with van der Waals surface area (Å²) in [6, 6.07) is 0. The summed E-state index contributed by atoms with van der Waals surface area (Å²) >= 11 is 0. The Balaban J connectivity index is 2.67. The Morgan fingerprint density at radius 3 is 2.42 bits per heavy atom. The first-order valence-corrected chi connectivity index (χ1v) is 4.61. The molecule has 12 heavy (non-hydrogen) atoms. The summed E-state index contributed by atoms with van der Waals surface area (Å²) in [5.41, 5.74) is -0.315. The van der Waals surface area contributed by atoms with Gasteiger partial charge < -0.3 is 9.84 Å². The van der Waals surface area contributed by atoms with Crippen molar-refractivity contribution in [3.63, 3.8) is 0 Å². The van der Waals surface area contributed by atoms with Crippen LogP contribution in [-0.4, -0.2) is 24.4 Å². The minimum absolute atomic E-state index is 0.271. The number of ether oxygens (including phenoxy) is 1. The molecule has 0 amide bonds. The molecule has 0 aliphatic heterocycles. The van der Waals surface area contributed by atoms with Crippen LogP contribution in [-0.2, 0) is 4.74 Å². The molecule has 0 radical (unpaired) electrons. The zero-order valence-corrected chi connectivity index (χ0v) is 8.55. The van der Waals surface area contributed by atoms with Crippen molar-refractivity contribution in [3.05, 3.63) is 0 Å². The predicted molar refractivity (Wildman–Crippen MR) is 49.0 cm³/mol. The van der Waals surface area contributed by atoms with Crippen molar-refractivity contribution in [2.45, 2.75) is 39.2 Å². The molecule has 1 aliphatic rings. The summed E-state index contributed by atoms with van der Waals surface area (Å²) in [6.07, 6.45) is 1.95. The van der Waals surface area contributed by atoms with E-state index < -0.39 is 5.60 Å². The maximum Gasteiger partial charge on any atom is 0.0910 e. The molecule has 2 nitrogen and oxygen atoms in total. The monoisotopic (exact) mass is 172 g/mol. The van der Waals surface area contributed by atoms with Crippen LogP contribution in [0.15, 0.2) is 0 Å². The summed E-state index contributed by atoms with van der Waals surface area (Å²) in [6.45, 7) is 6.99. The fraction of sp³-hybridized carbons (Fsp3) is 1.00. The molecule has 0 bridgehead atoms. The van der Waals surface area contributed by atoms with Crippen molar-refractivity contribution in [3.8, 4) is 0 Å². The molecule has 72 valence electrons. The van der Waals surface area contributed by atoms with Crippen molar-refractivity contribution >= 4 is 0 Å². The highest BCUT2D eigenvalue weighted by Gasteiger charge is 2.47. The van der Waals surface area contributed by atoms with Crippen molar-refractivity contribution in [1.82, 2.24) is 0 Å². The lowest BCUT2D eigenvalue weighted by Crippen LogP contribution is -2.37. The number of aliphatic hydroxyl groups is 1. The van der Waals surface area contributed by atoms with Crippen LogP contribution in [0.3, 0.4) is 0 Å². The van der Waals surface area contributed by atoms with E-state index in [9.17, 15) is 5.11 Å². The summed E-state index contributed by atoms with van der Waals surface area (Å²) < 4.78 is 5.04. The molecule has 2 unspecified atom stereocenters. The molecule has 0 aromatic carbocycles. The van der Waals surface area contributed by atoms with Gasteiger partial charge in [-0.05, 0) is 24.2 Å². The molecule has 0 aromatic heterocycles. The zero-order chi connectivity index (χ0) is 9.41. The Morgan fingerprint density at radius 1 is 1.50 bits per heavy atom. The van der Waals surface area contributed by atoms with Crippen LogP contribution >= 0.6 is 0 Å². The minimum Gasteiger partial charge on any atom is -0.387 e. The van der Waals surface area contributed by atoms with Crippen LogP contribution in [0, 0.1) is 11.3 Å². The molecule has 1 fully saturated rings. The quantitative estimate of drug-likeness (QED) is 0.688. The average molecular weight is 172 g/mol. The van der Waals surface area contributed by atoms with Crippen molar-refractivity contribution < 1.29 is 9.84 Å². The van der Waals surface area contributed by atoms with E-state index >= 15 is 0 Å². The van der Waals surface area contributed by atoms with Crippen LogP contribution in [0.25, 0.3) is 0 Å². The van der Waals surface area contributed by atoms with E-state index in [-0.39, 0.29) is 5.41 Å². The summed E-state index contributed by atoms with van der Waals surface area (Å²) in [5.74, 6) is 0.354. The van der Waals surface area contributed by atoms with Gasteiger partial charge in [0.1, 0.15) is 0 Å². The Kier molecular flexibility index (Phi) is 2.50. The van der Waals surface area contributed by atoms with E-state index in [2.05, 4.69) is 20.8 Å². The smallest absolute Gasteiger partial charge is 0.0910 e. The fourth-order valence-electron chi connectivity index (χ4n) is 2.54. The predicted octanol–water partition coefficient (Wildman–Crippen LogP) is 1.82. The average Bonchev–Trinajstić information content (AvgIpc) is 2.02. The Hall–Kier alpha value is -0.0800. The van der Waals surface area contributed by atoms with Gasteiger partial charge in [0.15, 0.2) is 0 Å². The van der Waals surface area contributed by atoms with Gasteiger partial charge in [0.05, 0.1) is 12.2 Å². The Morgan fingerprint density at radius 2 is 2.08 bits per heavy atom. The second kappa shape index (κ2) is 3.00. The largest absolute Gasteiger partial charge is 0.387 e. The molecule has 1 saturated carbocycles. The minimum atomic E-state index is -0.585. The molecule has 1 rings (SSSR count). The van der Waals surface area contributed by atoms with Crippen LogP contribution in [0.5, 0.6) is 0 Å². The van der Waals surface area contributed by atoms with Crippen LogP contribution in [0.1, 0.15) is 33.6 Å². The third-order valence-corrected chi connectivity index (χ3v) is 2.96. The fourth-order valence-corrected chi connectivity index (χ4v) is 2.54. The maximum atomic E-state index is 10.2. The zero-order valence-electron chi connectivity index (χ0n) is 8.55. The molecule has 1 N–H and O–H groups in total. The third-order valence-electron chi connectivity index (χ3n) is 2.96. The second-order valence-electron chi connectivity index (χ2n) is 4.98. The summed E-state index contributed by atoms with van der Waals surface area (Å²) in [4.78, 5) is 0. The third kappa shape index (κ3) is 1.80. The number of hydrogen-bond donors (Lipinski definition) is 1. The van der Waals surface area contributed by atoms with E-state index in [1.807, 2.05) is 0 Å². The number of methoxy groups -OCH3 is 1. The first kappa shape index (κ1) is 10.0. The molecule has 2 atom stereocenters. The highest BCUT2D eigenvalue weighted by molar-refractivity contribution is 4.98. The van der Waals surface area contributed by atoms with E-state index in [1.165, 1.54) is 0 Å². The number of hydrogen-bond acceptors (Lipinski definition) is 2. The van der Waals surface area contributed by atoms with Crippen LogP contribution in [0.2, 0.25) is 0 Å². The molecule has 0 saturated heterocycles. The highest BCUT2D eigenvalue weighted by atomic mass is 16.5. The second-order valence-corrected chi connectivity index (χ2v) is 4.98. The van der Waals surface area contributed by atoms with Gasteiger partial charge >= 0.3 is 0 Å². The van der Waals surface area contributed by atoms with Gasteiger partial charge in [-0.1, -0.05) is 20.8 Å². The molecular weight excluding hydrogens is 152 g/mol. The Labute approximate surface area is 74.9 Å². The van der Waals surface area contributed by atoms with Gasteiger partial charge in [-0.25, -0.2) is 0 Å². The lowest BCUT2D eigenvalue weighted by atomic mass is 9.89. The SMILES string of the molecule is COCC1(O)CC(C)(C)CC1C. The number of rotatable bonds is 2. The topological polar surface area (TPSA) is 29.5 Å². The summed E-state index contributed by atoms with van der Waals surface area (Å²) in [7, 11) is 1.65. The molecule has 0 heterocycles. The van der Waals surface area contributed by atoms with Gasteiger partial charge in [0.25, 0.3) is 0 Å². The van der Waals surface area contributed by atoms with E-state index in [1.54, 1.807) is 7.11 Å². The van der Waals surface area contributed by atoms with E-state index in [4.69, 9.17) is 4.74 Å². The maximum absolute atomic E-state index is 10.2. The molecule has 1 aliphatic carbocycles. The Bertz CT molecular complexity index is 165. The van der Waals surface area contributed by atoms with Gasteiger partial charge in [-0.3, -0.25) is 0 Å². The van der Waals surface area contributed by atoms with Crippen molar-refractivity contribution in [2.75, 3.05) is 13.7 Å². The summed E-state index contributed by atoms with van der Waals surface area (Å²) in [5, 5.41) is 10.2. The molecular formula is C10H20O2. The molecule has 0 spiro atoms. The van der Waals surface area contributed by atoms with Crippen molar-refractivity contribution in [2.24, 2.45) is 11.3 Å². The van der Waals surface area contributed by atoms with E-state index in [0.29, 0.717) is 12.5 Å². The highest BCUT2D eigenvalue weighted by Crippen LogP contribution is 2.47. The lowest BCUT2D eigenvalue weighted by Gasteiger charge is -2.27. The van der Waals surface area contributed by atoms with Gasteiger partial charge in [0.2, 0.25) is 0 Å². The van der Waals surface area contributed by atoms with Gasteiger partial charge in [0, 0.05) is 7.11 Å². The first-order chi connectivity index (χ1) is 5.40. The van der Waals surface area contributed by atoms with Gasteiger partial charge in [-0.15, -0.1) is 0 Å². The van der Waals surface area contributed by atoms with Crippen molar-refractivity contribution in [1.29, 1.82) is 0 Å². The van der Waals surface area contributed by atoms with Crippen LogP contribution < -0.4 is 0 Å².